The van der Waals surface area contributed by atoms with E-state index in [9.17, 15) is 0 Å². The molecule has 0 spiro atoms. The minimum atomic E-state index is 0.770. The van der Waals surface area contributed by atoms with Crippen LogP contribution in [0.2, 0.25) is 0 Å². The first-order chi connectivity index (χ1) is 8.70. The van der Waals surface area contributed by atoms with Gasteiger partial charge < -0.3 is 0 Å². The lowest BCUT2D eigenvalue weighted by Gasteiger charge is -2.16. The van der Waals surface area contributed by atoms with E-state index in [-0.39, 0.29) is 0 Å². The van der Waals surface area contributed by atoms with Crippen LogP contribution in [0.4, 0.5) is 0 Å². The van der Waals surface area contributed by atoms with Crippen molar-refractivity contribution in [3.05, 3.63) is 0 Å². The summed E-state index contributed by atoms with van der Waals surface area (Å²) in [5.74, 6) is 2.35. The molecule has 2 heteroatoms. The Labute approximate surface area is 124 Å². The fourth-order valence-corrected chi connectivity index (χ4v) is 4.63. The molecule has 0 aromatic carbocycles. The molecule has 0 aliphatic carbocycles. The Morgan fingerprint density at radius 2 is 1.33 bits per heavy atom. The van der Waals surface area contributed by atoms with Crippen molar-refractivity contribution in [2.75, 3.05) is 5.75 Å². The first-order valence-electron chi connectivity index (χ1n) is 7.98. The van der Waals surface area contributed by atoms with E-state index in [0.717, 1.165) is 11.2 Å². The van der Waals surface area contributed by atoms with Crippen molar-refractivity contribution in [2.45, 2.75) is 90.7 Å². The van der Waals surface area contributed by atoms with Crippen LogP contribution in [0.3, 0.4) is 0 Å². The second-order valence-corrected chi connectivity index (χ2v) is 8.63. The maximum absolute atomic E-state index is 2.31. The summed E-state index contributed by atoms with van der Waals surface area (Å²) in [7, 11) is 4.17. The van der Waals surface area contributed by atoms with E-state index < -0.39 is 0 Å². The van der Waals surface area contributed by atoms with E-state index in [0.29, 0.717) is 0 Å². The summed E-state index contributed by atoms with van der Waals surface area (Å²) < 4.78 is 0. The Hall–Kier alpha value is 0.700. The van der Waals surface area contributed by atoms with Crippen LogP contribution in [0.1, 0.15) is 85.5 Å². The molecule has 0 fully saturated rings. The average Bonchev–Trinajstić information content (AvgIpc) is 2.33. The fraction of sp³-hybridized carbons (Fsp3) is 1.00. The predicted molar refractivity (Wildman–Crippen MR) is 91.6 cm³/mol. The zero-order valence-corrected chi connectivity index (χ0v) is 14.7. The minimum Gasteiger partial charge on any atom is -0.0936 e. The van der Waals surface area contributed by atoms with Crippen LogP contribution >= 0.6 is 21.6 Å². The number of hydrogen-bond acceptors (Lipinski definition) is 2. The summed E-state index contributed by atoms with van der Waals surface area (Å²) in [6, 6.07) is 0. The Morgan fingerprint density at radius 1 is 0.778 bits per heavy atom. The first kappa shape index (κ1) is 18.7. The van der Waals surface area contributed by atoms with Gasteiger partial charge in [-0.15, -0.1) is 0 Å². The lowest BCUT2D eigenvalue weighted by molar-refractivity contribution is 0.446. The predicted octanol–water partition coefficient (Wildman–Crippen LogP) is 6.94. The van der Waals surface area contributed by atoms with Crippen molar-refractivity contribution < 1.29 is 0 Å². The van der Waals surface area contributed by atoms with Crippen LogP contribution in [0.25, 0.3) is 0 Å². The van der Waals surface area contributed by atoms with Gasteiger partial charge in [0.25, 0.3) is 0 Å². The van der Waals surface area contributed by atoms with E-state index >= 15 is 0 Å². The molecule has 0 aromatic rings. The normalized spacial score (nSPS) is 13.2. The second-order valence-electron chi connectivity index (χ2n) is 5.64. The van der Waals surface area contributed by atoms with Crippen molar-refractivity contribution in [1.82, 2.24) is 0 Å². The van der Waals surface area contributed by atoms with E-state index in [4.69, 9.17) is 0 Å². The zero-order valence-electron chi connectivity index (χ0n) is 13.0. The molecule has 1 atom stereocenters. The van der Waals surface area contributed by atoms with Gasteiger partial charge in [-0.2, -0.15) is 0 Å². The van der Waals surface area contributed by atoms with E-state index in [1.54, 1.807) is 0 Å². The molecule has 110 valence electrons. The Balaban J connectivity index is 3.69. The van der Waals surface area contributed by atoms with Crippen molar-refractivity contribution in [3.63, 3.8) is 0 Å². The highest BCUT2D eigenvalue weighted by atomic mass is 33.1. The van der Waals surface area contributed by atoms with Gasteiger partial charge in [0.2, 0.25) is 0 Å². The topological polar surface area (TPSA) is 0 Å². The van der Waals surface area contributed by atoms with Crippen molar-refractivity contribution in [3.8, 4) is 0 Å². The standard InChI is InChI=1S/C16H34S2/c1-5-7-9-11-13-16(12-10-8-6-2)14-17-18-15(3)4/h15-16H,5-14H2,1-4H3. The largest absolute Gasteiger partial charge is 0.0936 e. The van der Waals surface area contributed by atoms with E-state index in [1.807, 2.05) is 0 Å². The summed E-state index contributed by atoms with van der Waals surface area (Å²) in [6.07, 6.45) is 12.8. The summed E-state index contributed by atoms with van der Waals surface area (Å²) >= 11 is 0. The van der Waals surface area contributed by atoms with Crippen LogP contribution in [0.15, 0.2) is 0 Å². The van der Waals surface area contributed by atoms with Gasteiger partial charge in [-0.25, -0.2) is 0 Å². The van der Waals surface area contributed by atoms with Gasteiger partial charge in [0.1, 0.15) is 0 Å². The highest BCUT2D eigenvalue weighted by molar-refractivity contribution is 8.76. The minimum absolute atomic E-state index is 0.770. The fourth-order valence-electron chi connectivity index (χ4n) is 2.13. The molecule has 0 radical (unpaired) electrons. The van der Waals surface area contributed by atoms with Gasteiger partial charge in [-0.1, -0.05) is 94.2 Å². The van der Waals surface area contributed by atoms with Crippen LogP contribution in [0.5, 0.6) is 0 Å². The molecular weight excluding hydrogens is 256 g/mol. The molecule has 0 saturated carbocycles. The maximum atomic E-state index is 2.31. The molecule has 18 heavy (non-hydrogen) atoms. The molecule has 0 heterocycles. The molecular formula is C16H34S2. The smallest absolute Gasteiger partial charge is 0.00944 e. The highest BCUT2D eigenvalue weighted by Gasteiger charge is 2.09. The third-order valence-electron chi connectivity index (χ3n) is 3.25. The third kappa shape index (κ3) is 13.1. The summed E-state index contributed by atoms with van der Waals surface area (Å²) in [6.45, 7) is 9.20. The van der Waals surface area contributed by atoms with Gasteiger partial charge in [-0.05, 0) is 18.8 Å². The van der Waals surface area contributed by atoms with Crippen LogP contribution in [-0.4, -0.2) is 11.0 Å². The molecule has 0 nitrogen and oxygen atoms in total. The lowest BCUT2D eigenvalue weighted by atomic mass is 9.96. The summed E-state index contributed by atoms with van der Waals surface area (Å²) in [4.78, 5) is 0. The Morgan fingerprint density at radius 3 is 1.89 bits per heavy atom. The molecule has 0 aromatic heterocycles. The van der Waals surface area contributed by atoms with Gasteiger partial charge in [-0.3, -0.25) is 0 Å². The quantitative estimate of drug-likeness (QED) is 0.266. The van der Waals surface area contributed by atoms with Gasteiger partial charge >= 0.3 is 0 Å². The Bertz CT molecular complexity index is 157. The lowest BCUT2D eigenvalue weighted by Crippen LogP contribution is -2.04. The summed E-state index contributed by atoms with van der Waals surface area (Å²) in [5, 5.41) is 0.770. The molecule has 0 N–H and O–H groups in total. The molecule has 0 bridgehead atoms. The molecule has 0 amide bonds. The Kier molecular flexibility index (Phi) is 14.7. The average molecular weight is 291 g/mol. The number of unbranched alkanes of at least 4 members (excludes halogenated alkanes) is 5. The summed E-state index contributed by atoms with van der Waals surface area (Å²) in [5.41, 5.74) is 0. The molecule has 0 rings (SSSR count). The monoisotopic (exact) mass is 290 g/mol. The van der Waals surface area contributed by atoms with Crippen molar-refractivity contribution in [2.24, 2.45) is 5.92 Å². The van der Waals surface area contributed by atoms with Crippen LogP contribution < -0.4 is 0 Å². The van der Waals surface area contributed by atoms with Gasteiger partial charge in [0.05, 0.1) is 0 Å². The second kappa shape index (κ2) is 14.1. The zero-order chi connectivity index (χ0) is 13.6. The molecule has 0 saturated heterocycles. The molecule has 0 aliphatic rings. The van der Waals surface area contributed by atoms with Crippen molar-refractivity contribution >= 4 is 21.6 Å². The van der Waals surface area contributed by atoms with E-state index in [2.05, 4.69) is 49.3 Å². The SMILES string of the molecule is CCCCCCC(CCCCC)CSSC(C)C. The third-order valence-corrected chi connectivity index (χ3v) is 6.35. The first-order valence-corrected chi connectivity index (χ1v) is 10.4. The van der Waals surface area contributed by atoms with Crippen LogP contribution in [-0.2, 0) is 0 Å². The van der Waals surface area contributed by atoms with E-state index in [1.165, 1.54) is 63.5 Å². The molecule has 1 unspecified atom stereocenters. The number of rotatable bonds is 13. The van der Waals surface area contributed by atoms with Gasteiger partial charge in [0.15, 0.2) is 0 Å². The highest BCUT2D eigenvalue weighted by Crippen LogP contribution is 2.31. The van der Waals surface area contributed by atoms with Crippen LogP contribution in [0, 0.1) is 5.92 Å². The molecule has 0 aliphatic heterocycles. The van der Waals surface area contributed by atoms with Crippen molar-refractivity contribution in [1.29, 1.82) is 0 Å². The maximum Gasteiger partial charge on any atom is 0.00944 e. The number of hydrogen-bond donors (Lipinski definition) is 0. The van der Waals surface area contributed by atoms with Gasteiger partial charge in [0, 0.05) is 11.0 Å².